The Morgan fingerprint density at radius 3 is 2.55 bits per heavy atom. The van der Waals surface area contributed by atoms with Crippen molar-refractivity contribution in [2.45, 2.75) is 29.7 Å². The van der Waals surface area contributed by atoms with Gasteiger partial charge in [-0.1, -0.05) is 37.7 Å². The van der Waals surface area contributed by atoms with Gasteiger partial charge in [-0.2, -0.15) is 4.31 Å². The van der Waals surface area contributed by atoms with E-state index < -0.39 is 10.0 Å². The van der Waals surface area contributed by atoms with Crippen molar-refractivity contribution in [2.75, 3.05) is 13.1 Å². The summed E-state index contributed by atoms with van der Waals surface area (Å²) in [6.07, 6.45) is 0. The summed E-state index contributed by atoms with van der Waals surface area (Å²) < 4.78 is 29.0. The average Bonchev–Trinajstić information content (AvgIpc) is 3.27. The lowest BCUT2D eigenvalue weighted by Crippen LogP contribution is -2.30. The molecule has 0 unspecified atom stereocenters. The molecule has 4 rings (SSSR count). The molecule has 0 radical (unpaired) electrons. The first-order chi connectivity index (χ1) is 13.9. The third kappa shape index (κ3) is 3.65. The molecule has 1 N–H and O–H groups in total. The number of thioether (sulfide) groups is 1. The normalized spacial score (nSPS) is 12.4. The molecule has 0 aliphatic rings. The van der Waals surface area contributed by atoms with E-state index in [0.29, 0.717) is 18.8 Å². The van der Waals surface area contributed by atoms with Gasteiger partial charge in [0, 0.05) is 20.1 Å². The highest BCUT2D eigenvalue weighted by Gasteiger charge is 2.22. The van der Waals surface area contributed by atoms with E-state index in [0.717, 1.165) is 33.0 Å². The third-order valence-corrected chi connectivity index (χ3v) is 8.02. The highest BCUT2D eigenvalue weighted by Crippen LogP contribution is 2.26. The predicted octanol–water partition coefficient (Wildman–Crippen LogP) is 3.77. The lowest BCUT2D eigenvalue weighted by molar-refractivity contribution is 0.445. The number of fused-ring (bicyclic) bond motifs is 2. The number of aromatic amines is 1. The van der Waals surface area contributed by atoms with Crippen LogP contribution in [0.3, 0.4) is 0 Å². The summed E-state index contributed by atoms with van der Waals surface area (Å²) >= 11 is 1.59. The second-order valence-electron chi connectivity index (χ2n) is 6.68. The second-order valence-corrected chi connectivity index (χ2v) is 9.56. The minimum Gasteiger partial charge on any atom is -0.341 e. The van der Waals surface area contributed by atoms with Crippen LogP contribution in [0.5, 0.6) is 0 Å². The van der Waals surface area contributed by atoms with E-state index in [1.807, 2.05) is 45.2 Å². The number of hydrogen-bond acceptors (Lipinski definition) is 5. The zero-order valence-corrected chi connectivity index (χ0v) is 18.2. The van der Waals surface area contributed by atoms with Gasteiger partial charge < -0.3 is 9.55 Å². The summed E-state index contributed by atoms with van der Waals surface area (Å²) in [5.74, 6) is 1.40. The van der Waals surface area contributed by atoms with E-state index in [-0.39, 0.29) is 4.90 Å². The fourth-order valence-corrected chi connectivity index (χ4v) is 5.71. The van der Waals surface area contributed by atoms with Crippen LogP contribution in [0.25, 0.3) is 22.1 Å². The van der Waals surface area contributed by atoms with Crippen molar-refractivity contribution < 1.29 is 8.42 Å². The van der Waals surface area contributed by atoms with E-state index in [4.69, 9.17) is 0 Å². The number of nitrogens with one attached hydrogen (secondary N) is 1. The van der Waals surface area contributed by atoms with Gasteiger partial charge in [-0.25, -0.2) is 18.4 Å². The summed E-state index contributed by atoms with van der Waals surface area (Å²) in [6, 6.07) is 13.1. The third-order valence-electron chi connectivity index (χ3n) is 4.93. The van der Waals surface area contributed by atoms with Crippen LogP contribution >= 0.6 is 11.8 Å². The number of aromatic nitrogens is 4. The molecule has 152 valence electrons. The van der Waals surface area contributed by atoms with E-state index in [1.165, 1.54) is 4.31 Å². The lowest BCUT2D eigenvalue weighted by Gasteiger charge is -2.18. The Hall–Kier alpha value is -2.36. The largest absolute Gasteiger partial charge is 0.341 e. The first-order valence-corrected chi connectivity index (χ1v) is 11.9. The number of rotatable bonds is 7. The van der Waals surface area contributed by atoms with Crippen LogP contribution in [0.2, 0.25) is 0 Å². The van der Waals surface area contributed by atoms with Gasteiger partial charge in [-0.05, 0) is 30.3 Å². The molecule has 0 saturated heterocycles. The molecule has 9 heteroatoms. The highest BCUT2D eigenvalue weighted by molar-refractivity contribution is 7.98. The lowest BCUT2D eigenvalue weighted by atomic mass is 10.3. The number of imidazole rings is 2. The van der Waals surface area contributed by atoms with Crippen LogP contribution in [0.1, 0.15) is 19.7 Å². The van der Waals surface area contributed by atoms with Crippen molar-refractivity contribution in [2.24, 2.45) is 7.05 Å². The van der Waals surface area contributed by atoms with Crippen molar-refractivity contribution in [3.63, 3.8) is 0 Å². The monoisotopic (exact) mass is 429 g/mol. The summed E-state index contributed by atoms with van der Waals surface area (Å²) in [5, 5.41) is 0.913. The molecule has 0 aliphatic heterocycles. The Morgan fingerprint density at radius 2 is 1.83 bits per heavy atom. The van der Waals surface area contributed by atoms with Crippen LogP contribution in [-0.4, -0.2) is 45.3 Å². The molecular formula is C20H23N5O2S2. The van der Waals surface area contributed by atoms with Crippen molar-refractivity contribution in [3.8, 4) is 0 Å². The Balaban J connectivity index is 1.58. The average molecular weight is 430 g/mol. The standard InChI is InChI=1S/C20H23N5O2S2/c1-4-25(5-2)29(26,27)14-10-11-15-17(12-14)22-19(21-15)13-28-20-23-16-8-6-7-9-18(16)24(20)3/h6-12H,4-5,13H2,1-3H3,(H,21,22). The smallest absolute Gasteiger partial charge is 0.243 e. The molecule has 0 fully saturated rings. The van der Waals surface area contributed by atoms with E-state index in [1.54, 1.807) is 30.0 Å². The quantitative estimate of drug-likeness (QED) is 0.452. The van der Waals surface area contributed by atoms with Crippen molar-refractivity contribution >= 4 is 43.9 Å². The molecule has 0 bridgehead atoms. The topological polar surface area (TPSA) is 83.9 Å². The van der Waals surface area contributed by atoms with Crippen molar-refractivity contribution in [1.29, 1.82) is 0 Å². The zero-order chi connectivity index (χ0) is 20.6. The van der Waals surface area contributed by atoms with Gasteiger partial charge in [0.15, 0.2) is 5.16 Å². The van der Waals surface area contributed by atoms with Gasteiger partial charge in [-0.15, -0.1) is 0 Å². The molecule has 2 aromatic carbocycles. The summed E-state index contributed by atoms with van der Waals surface area (Å²) in [5.41, 5.74) is 3.53. The van der Waals surface area contributed by atoms with E-state index in [2.05, 4.69) is 19.5 Å². The Bertz CT molecular complexity index is 1270. The Morgan fingerprint density at radius 1 is 1.07 bits per heavy atom. The first-order valence-electron chi connectivity index (χ1n) is 9.47. The number of benzene rings is 2. The fraction of sp³-hybridized carbons (Fsp3) is 0.300. The molecule has 4 aromatic rings. The molecule has 2 aromatic heterocycles. The predicted molar refractivity (Wildman–Crippen MR) is 116 cm³/mol. The van der Waals surface area contributed by atoms with Gasteiger partial charge in [0.1, 0.15) is 5.82 Å². The molecule has 0 atom stereocenters. The Kier molecular flexibility index (Phi) is 5.37. The molecule has 29 heavy (non-hydrogen) atoms. The molecule has 0 spiro atoms. The van der Waals surface area contributed by atoms with Crippen LogP contribution in [0, 0.1) is 0 Å². The second kappa shape index (κ2) is 7.81. The van der Waals surface area contributed by atoms with E-state index >= 15 is 0 Å². The molecule has 0 amide bonds. The van der Waals surface area contributed by atoms with Crippen LogP contribution in [0.4, 0.5) is 0 Å². The summed E-state index contributed by atoms with van der Waals surface area (Å²) in [4.78, 5) is 12.8. The molecule has 0 aliphatic carbocycles. The minimum absolute atomic E-state index is 0.284. The number of aryl methyl sites for hydroxylation is 1. The maximum absolute atomic E-state index is 12.8. The number of hydrogen-bond donors (Lipinski definition) is 1. The fourth-order valence-electron chi connectivity index (χ4n) is 3.37. The van der Waals surface area contributed by atoms with Crippen molar-refractivity contribution in [3.05, 3.63) is 48.3 Å². The van der Waals surface area contributed by atoms with Gasteiger partial charge in [0.25, 0.3) is 0 Å². The first kappa shape index (κ1) is 19.9. The minimum atomic E-state index is -3.49. The molecule has 7 nitrogen and oxygen atoms in total. The molecule has 2 heterocycles. The number of nitrogens with zero attached hydrogens (tertiary/aromatic N) is 4. The summed E-state index contributed by atoms with van der Waals surface area (Å²) in [7, 11) is -1.49. The van der Waals surface area contributed by atoms with Gasteiger partial charge >= 0.3 is 0 Å². The maximum atomic E-state index is 12.8. The van der Waals surface area contributed by atoms with Crippen LogP contribution in [-0.2, 0) is 22.8 Å². The van der Waals surface area contributed by atoms with Crippen LogP contribution < -0.4 is 0 Å². The molecule has 0 saturated carbocycles. The number of H-pyrrole nitrogens is 1. The SMILES string of the molecule is CCN(CC)S(=O)(=O)c1ccc2nc(CSc3nc4ccccc4n3C)[nH]c2c1. The van der Waals surface area contributed by atoms with Gasteiger partial charge in [0.2, 0.25) is 10.0 Å². The van der Waals surface area contributed by atoms with E-state index in [9.17, 15) is 8.42 Å². The van der Waals surface area contributed by atoms with Crippen molar-refractivity contribution in [1.82, 2.24) is 23.8 Å². The Labute approximate surface area is 174 Å². The van der Waals surface area contributed by atoms with Gasteiger partial charge in [0.05, 0.1) is 32.7 Å². The zero-order valence-electron chi connectivity index (χ0n) is 16.6. The highest BCUT2D eigenvalue weighted by atomic mass is 32.2. The maximum Gasteiger partial charge on any atom is 0.243 e. The summed E-state index contributed by atoms with van der Waals surface area (Å²) in [6.45, 7) is 4.57. The van der Waals surface area contributed by atoms with Gasteiger partial charge in [-0.3, -0.25) is 0 Å². The number of para-hydroxylation sites is 2. The van der Waals surface area contributed by atoms with Crippen LogP contribution in [0.15, 0.2) is 52.5 Å². The molecular weight excluding hydrogens is 406 g/mol. The number of sulfonamides is 1.